The first-order chi connectivity index (χ1) is 12.3. The molecule has 1 unspecified atom stereocenters. The van der Waals surface area contributed by atoms with Gasteiger partial charge in [-0.05, 0) is 25.2 Å². The molecule has 1 atom stereocenters. The molecule has 0 saturated carbocycles. The molecule has 8 heteroatoms. The first-order valence-electron chi connectivity index (χ1n) is 8.30. The van der Waals surface area contributed by atoms with Crippen LogP contribution in [0.3, 0.4) is 0 Å². The largest absolute Gasteiger partial charge is 0.489 e. The highest BCUT2D eigenvalue weighted by molar-refractivity contribution is 5.85. The Morgan fingerprint density at radius 1 is 1.27 bits per heavy atom. The quantitative estimate of drug-likeness (QED) is 0.733. The lowest BCUT2D eigenvalue weighted by atomic mass is 10.2. The summed E-state index contributed by atoms with van der Waals surface area (Å²) in [7, 11) is 2.06. The Morgan fingerprint density at radius 2 is 2.12 bits per heavy atom. The molecule has 3 aromatic rings. The third-order valence-electron chi connectivity index (χ3n) is 4.33. The zero-order valence-corrected chi connectivity index (χ0v) is 15.2. The maximum absolute atomic E-state index is 5.78. The normalized spacial score (nSPS) is 17.7. The molecule has 0 aliphatic carbocycles. The summed E-state index contributed by atoms with van der Waals surface area (Å²) in [5.74, 6) is 2.40. The average Bonchev–Trinajstić information content (AvgIpc) is 3.30. The molecule has 1 N–H and O–H groups in total. The van der Waals surface area contributed by atoms with Crippen LogP contribution in [-0.2, 0) is 6.61 Å². The highest BCUT2D eigenvalue weighted by Crippen LogP contribution is 2.27. The number of ether oxygens (including phenoxy) is 1. The van der Waals surface area contributed by atoms with Gasteiger partial charge >= 0.3 is 0 Å². The third-order valence-corrected chi connectivity index (χ3v) is 4.33. The summed E-state index contributed by atoms with van der Waals surface area (Å²) in [4.78, 5) is 6.75. The van der Waals surface area contributed by atoms with Gasteiger partial charge in [-0.1, -0.05) is 23.4 Å². The van der Waals surface area contributed by atoms with E-state index in [2.05, 4.69) is 27.4 Å². The Bertz CT molecular complexity index is 821. The van der Waals surface area contributed by atoms with E-state index in [-0.39, 0.29) is 18.4 Å². The Kier molecular flexibility index (Phi) is 5.92. The van der Waals surface area contributed by atoms with E-state index in [9.17, 15) is 0 Å². The van der Waals surface area contributed by atoms with Crippen molar-refractivity contribution in [1.29, 1.82) is 0 Å². The smallest absolute Gasteiger partial charge is 0.294 e. The highest BCUT2D eigenvalue weighted by atomic mass is 35.5. The van der Waals surface area contributed by atoms with Crippen LogP contribution in [0.5, 0.6) is 5.75 Å². The maximum atomic E-state index is 5.78. The Hall–Kier alpha value is -2.35. The van der Waals surface area contributed by atoms with E-state index in [0.717, 1.165) is 30.9 Å². The standard InChI is InChI=1S/C18H20N4O3.ClH/c1-22-9-8-19-11-15(22)17-20-18(25-21-17)16-13(7-10-23-16)12-24-14-5-3-2-4-6-14;/h2-7,10,15,19H,8-9,11-12H2,1H3;1H. The van der Waals surface area contributed by atoms with Gasteiger partial charge in [0.1, 0.15) is 12.4 Å². The minimum Gasteiger partial charge on any atom is -0.489 e. The van der Waals surface area contributed by atoms with Gasteiger partial charge in [-0.2, -0.15) is 4.98 Å². The number of halogens is 1. The summed E-state index contributed by atoms with van der Waals surface area (Å²) in [5.41, 5.74) is 0.870. The minimum atomic E-state index is 0. The van der Waals surface area contributed by atoms with Gasteiger partial charge in [0, 0.05) is 25.2 Å². The molecule has 1 fully saturated rings. The molecule has 4 rings (SSSR count). The monoisotopic (exact) mass is 376 g/mol. The molecule has 1 saturated heterocycles. The number of hydrogen-bond donors (Lipinski definition) is 1. The lowest BCUT2D eigenvalue weighted by Crippen LogP contribution is -2.44. The first kappa shape index (κ1) is 18.4. The molecular formula is C18H21ClN4O3. The zero-order valence-electron chi connectivity index (χ0n) is 14.4. The number of rotatable bonds is 5. The van der Waals surface area contributed by atoms with E-state index in [1.165, 1.54) is 0 Å². The van der Waals surface area contributed by atoms with Crippen molar-refractivity contribution < 1.29 is 13.7 Å². The summed E-state index contributed by atoms with van der Waals surface area (Å²) < 4.78 is 16.8. The van der Waals surface area contributed by atoms with Gasteiger partial charge in [-0.25, -0.2) is 0 Å². The van der Waals surface area contributed by atoms with Gasteiger partial charge in [0.05, 0.1) is 12.3 Å². The van der Waals surface area contributed by atoms with Gasteiger partial charge in [0.2, 0.25) is 0 Å². The average molecular weight is 377 g/mol. The van der Waals surface area contributed by atoms with Gasteiger partial charge in [0.25, 0.3) is 5.89 Å². The van der Waals surface area contributed by atoms with Gasteiger partial charge in [-0.15, -0.1) is 12.4 Å². The molecule has 0 bridgehead atoms. The molecule has 3 heterocycles. The van der Waals surface area contributed by atoms with Crippen LogP contribution in [0.1, 0.15) is 17.4 Å². The van der Waals surface area contributed by atoms with Crippen LogP contribution in [0.15, 0.2) is 51.6 Å². The van der Waals surface area contributed by atoms with E-state index < -0.39 is 0 Å². The van der Waals surface area contributed by atoms with Crippen molar-refractivity contribution in [2.75, 3.05) is 26.7 Å². The minimum absolute atomic E-state index is 0. The fourth-order valence-corrected chi connectivity index (χ4v) is 2.87. The molecule has 1 aliphatic heterocycles. The van der Waals surface area contributed by atoms with Crippen molar-refractivity contribution in [2.45, 2.75) is 12.6 Å². The summed E-state index contributed by atoms with van der Waals surface area (Å²) in [6.07, 6.45) is 1.61. The number of likely N-dealkylation sites (N-methyl/N-ethyl adjacent to an activating group) is 1. The van der Waals surface area contributed by atoms with Crippen LogP contribution in [0.4, 0.5) is 0 Å². The van der Waals surface area contributed by atoms with E-state index >= 15 is 0 Å². The fraction of sp³-hybridized carbons (Fsp3) is 0.333. The Balaban J connectivity index is 0.00000196. The predicted molar refractivity (Wildman–Crippen MR) is 98.3 cm³/mol. The number of para-hydroxylation sites is 1. The van der Waals surface area contributed by atoms with Crippen molar-refractivity contribution in [1.82, 2.24) is 20.4 Å². The van der Waals surface area contributed by atoms with Gasteiger partial charge in [0.15, 0.2) is 11.6 Å². The second-order valence-electron chi connectivity index (χ2n) is 6.03. The van der Waals surface area contributed by atoms with Crippen LogP contribution in [-0.4, -0.2) is 41.7 Å². The molecule has 7 nitrogen and oxygen atoms in total. The molecule has 1 aliphatic rings. The van der Waals surface area contributed by atoms with Crippen molar-refractivity contribution in [3.63, 3.8) is 0 Å². The van der Waals surface area contributed by atoms with Crippen LogP contribution < -0.4 is 10.1 Å². The first-order valence-corrected chi connectivity index (χ1v) is 8.30. The van der Waals surface area contributed by atoms with Crippen molar-refractivity contribution in [3.05, 3.63) is 54.0 Å². The molecule has 138 valence electrons. The van der Waals surface area contributed by atoms with Crippen LogP contribution in [0, 0.1) is 0 Å². The number of nitrogens with one attached hydrogen (secondary N) is 1. The van der Waals surface area contributed by atoms with E-state index in [1.54, 1.807) is 6.26 Å². The summed E-state index contributed by atoms with van der Waals surface area (Å²) in [5, 5.41) is 7.49. The van der Waals surface area contributed by atoms with Crippen LogP contribution >= 0.6 is 12.4 Å². The summed E-state index contributed by atoms with van der Waals surface area (Å²) in [6, 6.07) is 11.6. The maximum Gasteiger partial charge on any atom is 0.294 e. The van der Waals surface area contributed by atoms with Crippen molar-refractivity contribution in [3.8, 4) is 17.4 Å². The fourth-order valence-electron chi connectivity index (χ4n) is 2.87. The number of furan rings is 1. The van der Waals surface area contributed by atoms with Gasteiger partial charge < -0.3 is 19.0 Å². The van der Waals surface area contributed by atoms with Crippen LogP contribution in [0.25, 0.3) is 11.7 Å². The topological polar surface area (TPSA) is 76.6 Å². The highest BCUT2D eigenvalue weighted by Gasteiger charge is 2.26. The van der Waals surface area contributed by atoms with Crippen molar-refractivity contribution >= 4 is 12.4 Å². The Labute approximate surface area is 157 Å². The molecule has 26 heavy (non-hydrogen) atoms. The number of piperazine rings is 1. The van der Waals surface area contributed by atoms with E-state index in [1.807, 2.05) is 36.4 Å². The second kappa shape index (κ2) is 8.35. The third kappa shape index (κ3) is 3.90. The molecule has 1 aromatic carbocycles. The summed E-state index contributed by atoms with van der Waals surface area (Å²) in [6.45, 7) is 3.10. The summed E-state index contributed by atoms with van der Waals surface area (Å²) >= 11 is 0. The van der Waals surface area contributed by atoms with E-state index in [0.29, 0.717) is 24.1 Å². The second-order valence-corrected chi connectivity index (χ2v) is 6.03. The molecule has 0 spiro atoms. The molecule has 0 amide bonds. The number of nitrogens with zero attached hydrogens (tertiary/aromatic N) is 3. The SMILES string of the molecule is CN1CCNCC1c1noc(-c2occc2COc2ccccc2)n1.Cl. The predicted octanol–water partition coefficient (Wildman–Crippen LogP) is 2.91. The zero-order chi connectivity index (χ0) is 17.1. The lowest BCUT2D eigenvalue weighted by molar-refractivity contribution is 0.190. The van der Waals surface area contributed by atoms with E-state index in [4.69, 9.17) is 13.7 Å². The molecular weight excluding hydrogens is 356 g/mol. The number of hydrogen-bond acceptors (Lipinski definition) is 7. The van der Waals surface area contributed by atoms with Gasteiger partial charge in [-0.3, -0.25) is 4.90 Å². The van der Waals surface area contributed by atoms with Crippen molar-refractivity contribution in [2.24, 2.45) is 0 Å². The molecule has 0 radical (unpaired) electrons. The Morgan fingerprint density at radius 3 is 2.92 bits per heavy atom. The van der Waals surface area contributed by atoms with Crippen LogP contribution in [0.2, 0.25) is 0 Å². The number of benzene rings is 1. The lowest BCUT2D eigenvalue weighted by Gasteiger charge is -2.30. The number of aromatic nitrogens is 2. The molecule has 2 aromatic heterocycles.